The zero-order chi connectivity index (χ0) is 14.6. The average Bonchev–Trinajstić information content (AvgIpc) is 3.25. The lowest BCUT2D eigenvalue weighted by Crippen LogP contribution is -2.50. The van der Waals surface area contributed by atoms with Crippen molar-refractivity contribution in [3.05, 3.63) is 41.7 Å². The molecule has 1 aliphatic rings. The molecule has 0 heterocycles. The van der Waals surface area contributed by atoms with Crippen molar-refractivity contribution < 1.29 is 14.3 Å². The van der Waals surface area contributed by atoms with Crippen molar-refractivity contribution >= 4 is 12.0 Å². The lowest BCUT2D eigenvalue weighted by molar-refractivity contribution is -0.122. The average molecular weight is 277 g/mol. The van der Waals surface area contributed by atoms with Crippen LogP contribution in [0.15, 0.2) is 30.3 Å². The van der Waals surface area contributed by atoms with Gasteiger partial charge in [-0.2, -0.15) is 0 Å². The van der Waals surface area contributed by atoms with E-state index < -0.39 is 5.54 Å². The molecule has 20 heavy (non-hydrogen) atoms. The maximum Gasteiger partial charge on any atom is 0.224 e. The standard InChI is InChI=1S/C16H20FNO2/c1-16(11-19,13-9-10-13)18-15(20)8-4-6-12-5-2-3-7-14(12)17/h2-7,13,19H,8-11H2,1H3,(H,18,20)/b6-4+. The van der Waals surface area contributed by atoms with Crippen LogP contribution in [0.3, 0.4) is 0 Å². The summed E-state index contributed by atoms with van der Waals surface area (Å²) in [5.41, 5.74) is -0.0597. The summed E-state index contributed by atoms with van der Waals surface area (Å²) in [6.07, 6.45) is 5.50. The highest BCUT2D eigenvalue weighted by Gasteiger charge is 2.41. The maximum absolute atomic E-state index is 13.4. The van der Waals surface area contributed by atoms with Gasteiger partial charge < -0.3 is 10.4 Å². The number of rotatable bonds is 6. The third-order valence-electron chi connectivity index (χ3n) is 3.74. The number of aliphatic hydroxyl groups excluding tert-OH is 1. The number of aliphatic hydroxyl groups is 1. The lowest BCUT2D eigenvalue weighted by atomic mass is 9.97. The van der Waals surface area contributed by atoms with Gasteiger partial charge in [-0.15, -0.1) is 0 Å². The predicted octanol–water partition coefficient (Wildman–Crippen LogP) is 2.51. The van der Waals surface area contributed by atoms with Crippen molar-refractivity contribution in [1.82, 2.24) is 5.32 Å². The molecule has 3 nitrogen and oxygen atoms in total. The first kappa shape index (κ1) is 14.7. The fraction of sp³-hybridized carbons (Fsp3) is 0.438. The quantitative estimate of drug-likeness (QED) is 0.839. The molecule has 1 amide bonds. The molecule has 1 aliphatic carbocycles. The van der Waals surface area contributed by atoms with Crippen LogP contribution in [-0.4, -0.2) is 23.2 Å². The first-order chi connectivity index (χ1) is 9.55. The Labute approximate surface area is 118 Å². The lowest BCUT2D eigenvalue weighted by Gasteiger charge is -2.28. The SMILES string of the molecule is CC(CO)(NC(=O)C/C=C/c1ccccc1F)C1CC1. The normalized spacial score (nSPS) is 17.9. The third-order valence-corrected chi connectivity index (χ3v) is 3.74. The summed E-state index contributed by atoms with van der Waals surface area (Å²) >= 11 is 0. The van der Waals surface area contributed by atoms with Crippen molar-refractivity contribution in [2.45, 2.75) is 31.7 Å². The molecule has 1 atom stereocenters. The van der Waals surface area contributed by atoms with Gasteiger partial charge in [0.05, 0.1) is 12.1 Å². The molecule has 0 saturated heterocycles. The number of carbonyl (C=O) groups is 1. The Morgan fingerprint density at radius 2 is 2.20 bits per heavy atom. The van der Waals surface area contributed by atoms with Gasteiger partial charge in [-0.05, 0) is 31.7 Å². The van der Waals surface area contributed by atoms with Gasteiger partial charge in [0, 0.05) is 12.0 Å². The Balaban J connectivity index is 1.87. The van der Waals surface area contributed by atoms with Crippen molar-refractivity contribution in [2.75, 3.05) is 6.61 Å². The summed E-state index contributed by atoms with van der Waals surface area (Å²) in [4.78, 5) is 11.9. The summed E-state index contributed by atoms with van der Waals surface area (Å²) < 4.78 is 13.4. The van der Waals surface area contributed by atoms with Crippen LogP contribution in [0.2, 0.25) is 0 Å². The van der Waals surface area contributed by atoms with E-state index in [2.05, 4.69) is 5.32 Å². The smallest absolute Gasteiger partial charge is 0.224 e. The number of carbonyl (C=O) groups excluding carboxylic acids is 1. The van der Waals surface area contributed by atoms with Gasteiger partial charge in [0.25, 0.3) is 0 Å². The Morgan fingerprint density at radius 3 is 2.80 bits per heavy atom. The number of halogens is 1. The van der Waals surface area contributed by atoms with E-state index >= 15 is 0 Å². The minimum atomic E-state index is -0.525. The molecular weight excluding hydrogens is 257 g/mol. The summed E-state index contributed by atoms with van der Waals surface area (Å²) in [6.45, 7) is 1.81. The molecule has 1 aromatic rings. The second-order valence-electron chi connectivity index (χ2n) is 5.53. The number of amides is 1. The number of hydrogen-bond donors (Lipinski definition) is 2. The largest absolute Gasteiger partial charge is 0.394 e. The van der Waals surface area contributed by atoms with Crippen LogP contribution >= 0.6 is 0 Å². The molecule has 1 unspecified atom stereocenters. The van der Waals surface area contributed by atoms with Gasteiger partial charge in [0.1, 0.15) is 5.82 Å². The molecule has 108 valence electrons. The van der Waals surface area contributed by atoms with E-state index in [1.165, 1.54) is 6.07 Å². The molecule has 2 N–H and O–H groups in total. The highest BCUT2D eigenvalue weighted by molar-refractivity contribution is 5.79. The van der Waals surface area contributed by atoms with E-state index in [-0.39, 0.29) is 24.8 Å². The maximum atomic E-state index is 13.4. The van der Waals surface area contributed by atoms with Gasteiger partial charge in [0.15, 0.2) is 0 Å². The molecule has 0 bridgehead atoms. The van der Waals surface area contributed by atoms with E-state index in [0.29, 0.717) is 11.5 Å². The predicted molar refractivity (Wildman–Crippen MR) is 76.4 cm³/mol. The zero-order valence-corrected chi connectivity index (χ0v) is 11.6. The Morgan fingerprint density at radius 1 is 1.50 bits per heavy atom. The van der Waals surface area contributed by atoms with Gasteiger partial charge in [-0.25, -0.2) is 4.39 Å². The van der Waals surface area contributed by atoms with E-state index in [1.807, 2.05) is 6.92 Å². The van der Waals surface area contributed by atoms with Crippen LogP contribution in [0.25, 0.3) is 6.08 Å². The van der Waals surface area contributed by atoms with Gasteiger partial charge in [0.2, 0.25) is 5.91 Å². The fourth-order valence-corrected chi connectivity index (χ4v) is 2.26. The summed E-state index contributed by atoms with van der Waals surface area (Å²) in [6, 6.07) is 6.42. The molecule has 1 aromatic carbocycles. The molecule has 2 rings (SSSR count). The second-order valence-corrected chi connectivity index (χ2v) is 5.53. The van der Waals surface area contributed by atoms with Crippen molar-refractivity contribution in [3.63, 3.8) is 0 Å². The molecule has 1 saturated carbocycles. The number of benzene rings is 1. The highest BCUT2D eigenvalue weighted by atomic mass is 19.1. The highest BCUT2D eigenvalue weighted by Crippen LogP contribution is 2.39. The van der Waals surface area contributed by atoms with E-state index in [9.17, 15) is 14.3 Å². The van der Waals surface area contributed by atoms with Crippen LogP contribution in [-0.2, 0) is 4.79 Å². The topological polar surface area (TPSA) is 49.3 Å². The van der Waals surface area contributed by atoms with Crippen LogP contribution in [0.5, 0.6) is 0 Å². The van der Waals surface area contributed by atoms with Crippen LogP contribution in [0.1, 0.15) is 31.7 Å². The third kappa shape index (κ3) is 3.67. The minimum absolute atomic E-state index is 0.0551. The van der Waals surface area contributed by atoms with Gasteiger partial charge in [-0.1, -0.05) is 30.4 Å². The molecule has 0 spiro atoms. The van der Waals surface area contributed by atoms with Crippen LogP contribution in [0.4, 0.5) is 4.39 Å². The van der Waals surface area contributed by atoms with Crippen molar-refractivity contribution in [1.29, 1.82) is 0 Å². The Hall–Kier alpha value is -1.68. The van der Waals surface area contributed by atoms with Gasteiger partial charge in [-0.3, -0.25) is 4.79 Å². The summed E-state index contributed by atoms with van der Waals surface area (Å²) in [7, 11) is 0. The van der Waals surface area contributed by atoms with Crippen LogP contribution in [0, 0.1) is 11.7 Å². The van der Waals surface area contributed by atoms with Crippen molar-refractivity contribution in [2.24, 2.45) is 5.92 Å². The van der Waals surface area contributed by atoms with Crippen LogP contribution < -0.4 is 5.32 Å². The van der Waals surface area contributed by atoms with Crippen molar-refractivity contribution in [3.8, 4) is 0 Å². The number of nitrogens with one attached hydrogen (secondary N) is 1. The molecular formula is C16H20FNO2. The summed E-state index contributed by atoms with van der Waals surface area (Å²) in [5, 5.41) is 12.3. The summed E-state index contributed by atoms with van der Waals surface area (Å²) in [5.74, 6) is -0.0876. The molecule has 0 aliphatic heterocycles. The first-order valence-corrected chi connectivity index (χ1v) is 6.88. The molecule has 1 fully saturated rings. The molecule has 4 heteroatoms. The fourth-order valence-electron chi connectivity index (χ4n) is 2.26. The monoisotopic (exact) mass is 277 g/mol. The second kappa shape index (κ2) is 6.18. The van der Waals surface area contributed by atoms with Gasteiger partial charge >= 0.3 is 0 Å². The zero-order valence-electron chi connectivity index (χ0n) is 11.6. The molecule has 0 aromatic heterocycles. The van der Waals surface area contributed by atoms with E-state index in [4.69, 9.17) is 0 Å². The number of hydrogen-bond acceptors (Lipinski definition) is 2. The van der Waals surface area contributed by atoms with E-state index in [0.717, 1.165) is 12.8 Å². The minimum Gasteiger partial charge on any atom is -0.394 e. The Kier molecular flexibility index (Phi) is 4.55. The van der Waals surface area contributed by atoms with E-state index in [1.54, 1.807) is 30.4 Å². The molecule has 0 radical (unpaired) electrons. The Bertz CT molecular complexity index is 511. The first-order valence-electron chi connectivity index (χ1n) is 6.88.